The predicted molar refractivity (Wildman–Crippen MR) is 83.2 cm³/mol. The van der Waals surface area contributed by atoms with E-state index in [1.807, 2.05) is 12.1 Å². The van der Waals surface area contributed by atoms with Crippen LogP contribution in [0.4, 0.5) is 5.69 Å². The van der Waals surface area contributed by atoms with E-state index < -0.39 is 0 Å². The number of nitrogen functional groups attached to an aromatic ring is 1. The zero-order valence-electron chi connectivity index (χ0n) is 12.1. The quantitative estimate of drug-likeness (QED) is 0.804. The Morgan fingerprint density at radius 2 is 1.21 bits per heavy atom. The van der Waals surface area contributed by atoms with Gasteiger partial charge in [-0.1, -0.05) is 55.8 Å². The summed E-state index contributed by atoms with van der Waals surface area (Å²) in [6.45, 7) is 6.77. The average molecular weight is 253 g/mol. The first-order valence-corrected chi connectivity index (χ1v) is 6.85. The Hall–Kier alpha value is -1.76. The first-order valence-electron chi connectivity index (χ1n) is 6.85. The first-order chi connectivity index (χ1) is 8.94. The molecular weight excluding hydrogens is 230 g/mol. The minimum absolute atomic E-state index is 0.255. The predicted octanol–water partition coefficient (Wildman–Crippen LogP) is 4.39. The highest BCUT2D eigenvalue weighted by Crippen LogP contribution is 2.27. The molecule has 0 unspecified atom stereocenters. The molecule has 0 heterocycles. The lowest BCUT2D eigenvalue weighted by Gasteiger charge is -2.25. The van der Waals surface area contributed by atoms with E-state index in [0.717, 1.165) is 18.5 Å². The van der Waals surface area contributed by atoms with Crippen molar-refractivity contribution < 1.29 is 0 Å². The summed E-state index contributed by atoms with van der Waals surface area (Å²) in [6.07, 6.45) is 2.17. The fourth-order valence-electron chi connectivity index (χ4n) is 2.51. The molecule has 2 N–H and O–H groups in total. The first kappa shape index (κ1) is 13.7. The molecule has 100 valence electrons. The molecule has 0 saturated carbocycles. The molecule has 19 heavy (non-hydrogen) atoms. The standard InChI is InChI=1S/C18H23N/c1-14-4-6-15(7-5-14)12-18(2,3)13-16-8-10-17(19)11-9-16/h4-11H,12-13,19H2,1-3H3. The van der Waals surface area contributed by atoms with Crippen molar-refractivity contribution in [1.82, 2.24) is 0 Å². The lowest BCUT2D eigenvalue weighted by molar-refractivity contribution is 0.361. The molecule has 0 spiro atoms. The van der Waals surface area contributed by atoms with Crippen LogP contribution in [0.3, 0.4) is 0 Å². The second kappa shape index (κ2) is 5.48. The van der Waals surface area contributed by atoms with Gasteiger partial charge in [-0.25, -0.2) is 0 Å². The van der Waals surface area contributed by atoms with Gasteiger partial charge in [0.1, 0.15) is 0 Å². The number of anilines is 1. The Kier molecular flexibility index (Phi) is 3.94. The number of nitrogens with two attached hydrogens (primary N) is 1. The smallest absolute Gasteiger partial charge is 0.0314 e. The second-order valence-corrected chi connectivity index (χ2v) is 6.24. The molecule has 2 aromatic rings. The van der Waals surface area contributed by atoms with Crippen LogP contribution in [0.25, 0.3) is 0 Å². The maximum atomic E-state index is 5.73. The van der Waals surface area contributed by atoms with E-state index >= 15 is 0 Å². The number of aryl methyl sites for hydroxylation is 1. The fourth-order valence-corrected chi connectivity index (χ4v) is 2.51. The van der Waals surface area contributed by atoms with E-state index in [9.17, 15) is 0 Å². The molecule has 0 aliphatic heterocycles. The molecule has 0 saturated heterocycles. The maximum Gasteiger partial charge on any atom is 0.0314 e. The van der Waals surface area contributed by atoms with Crippen molar-refractivity contribution >= 4 is 5.69 Å². The van der Waals surface area contributed by atoms with Crippen molar-refractivity contribution in [1.29, 1.82) is 0 Å². The van der Waals surface area contributed by atoms with Crippen LogP contribution in [-0.4, -0.2) is 0 Å². The Labute approximate surface area is 116 Å². The van der Waals surface area contributed by atoms with Crippen molar-refractivity contribution in [3.8, 4) is 0 Å². The molecule has 0 aliphatic carbocycles. The van der Waals surface area contributed by atoms with Crippen LogP contribution in [0.15, 0.2) is 48.5 Å². The van der Waals surface area contributed by atoms with Crippen LogP contribution >= 0.6 is 0 Å². The van der Waals surface area contributed by atoms with Gasteiger partial charge in [-0.15, -0.1) is 0 Å². The van der Waals surface area contributed by atoms with Crippen molar-refractivity contribution in [3.05, 3.63) is 65.2 Å². The van der Waals surface area contributed by atoms with Gasteiger partial charge in [-0.3, -0.25) is 0 Å². The lowest BCUT2D eigenvalue weighted by Crippen LogP contribution is -2.18. The number of rotatable bonds is 4. The summed E-state index contributed by atoms with van der Waals surface area (Å²) in [5, 5.41) is 0. The van der Waals surface area contributed by atoms with Crippen LogP contribution in [-0.2, 0) is 12.8 Å². The molecule has 2 rings (SSSR count). The molecule has 1 heteroatoms. The van der Waals surface area contributed by atoms with Gasteiger partial charge in [0, 0.05) is 5.69 Å². The minimum Gasteiger partial charge on any atom is -0.399 e. The van der Waals surface area contributed by atoms with Gasteiger partial charge in [0.05, 0.1) is 0 Å². The highest BCUT2D eigenvalue weighted by Gasteiger charge is 2.19. The second-order valence-electron chi connectivity index (χ2n) is 6.24. The maximum absolute atomic E-state index is 5.73. The van der Waals surface area contributed by atoms with Gasteiger partial charge in [0.25, 0.3) is 0 Å². The highest BCUT2D eigenvalue weighted by atomic mass is 14.5. The Morgan fingerprint density at radius 3 is 1.68 bits per heavy atom. The SMILES string of the molecule is Cc1ccc(CC(C)(C)Cc2ccc(N)cc2)cc1. The van der Waals surface area contributed by atoms with Crippen molar-refractivity contribution in [3.63, 3.8) is 0 Å². The van der Waals surface area contributed by atoms with E-state index in [-0.39, 0.29) is 5.41 Å². The van der Waals surface area contributed by atoms with Crippen LogP contribution in [0, 0.1) is 12.3 Å². The molecule has 1 nitrogen and oxygen atoms in total. The topological polar surface area (TPSA) is 26.0 Å². The van der Waals surface area contributed by atoms with Gasteiger partial charge >= 0.3 is 0 Å². The summed E-state index contributed by atoms with van der Waals surface area (Å²) in [4.78, 5) is 0. The number of benzene rings is 2. The Bertz CT molecular complexity index is 471. The van der Waals surface area contributed by atoms with Crippen molar-refractivity contribution in [2.24, 2.45) is 5.41 Å². The van der Waals surface area contributed by atoms with Gasteiger partial charge in [0.15, 0.2) is 0 Å². The molecule has 0 bridgehead atoms. The summed E-state index contributed by atoms with van der Waals surface area (Å²) < 4.78 is 0. The van der Waals surface area contributed by atoms with Crippen LogP contribution in [0.1, 0.15) is 30.5 Å². The molecule has 0 atom stereocenters. The molecule has 0 aliphatic rings. The zero-order chi connectivity index (χ0) is 13.9. The van der Waals surface area contributed by atoms with Crippen molar-refractivity contribution in [2.75, 3.05) is 5.73 Å². The molecular formula is C18H23N. The third-order valence-electron chi connectivity index (χ3n) is 3.47. The van der Waals surface area contributed by atoms with E-state index in [1.54, 1.807) is 0 Å². The fraction of sp³-hybridized carbons (Fsp3) is 0.333. The van der Waals surface area contributed by atoms with E-state index in [2.05, 4.69) is 57.2 Å². The number of hydrogen-bond donors (Lipinski definition) is 1. The third-order valence-corrected chi connectivity index (χ3v) is 3.47. The van der Waals surface area contributed by atoms with E-state index in [0.29, 0.717) is 0 Å². The third kappa shape index (κ3) is 4.13. The molecule has 0 fully saturated rings. The minimum atomic E-state index is 0.255. The summed E-state index contributed by atoms with van der Waals surface area (Å²) in [5.74, 6) is 0. The Morgan fingerprint density at radius 1 is 0.789 bits per heavy atom. The normalized spacial score (nSPS) is 11.5. The van der Waals surface area contributed by atoms with Crippen LogP contribution in [0.2, 0.25) is 0 Å². The molecule has 0 aromatic heterocycles. The Balaban J connectivity index is 2.05. The largest absolute Gasteiger partial charge is 0.399 e. The molecule has 0 amide bonds. The van der Waals surface area contributed by atoms with Gasteiger partial charge < -0.3 is 5.73 Å². The lowest BCUT2D eigenvalue weighted by atomic mass is 9.80. The van der Waals surface area contributed by atoms with Gasteiger partial charge in [0.2, 0.25) is 0 Å². The van der Waals surface area contributed by atoms with Gasteiger partial charge in [-0.2, -0.15) is 0 Å². The zero-order valence-corrected chi connectivity index (χ0v) is 12.1. The summed E-state index contributed by atoms with van der Waals surface area (Å²) in [5.41, 5.74) is 10.9. The summed E-state index contributed by atoms with van der Waals surface area (Å²) in [7, 11) is 0. The summed E-state index contributed by atoms with van der Waals surface area (Å²) >= 11 is 0. The average Bonchev–Trinajstić information content (AvgIpc) is 2.34. The van der Waals surface area contributed by atoms with Crippen LogP contribution in [0.5, 0.6) is 0 Å². The number of hydrogen-bond acceptors (Lipinski definition) is 1. The van der Waals surface area contributed by atoms with E-state index in [1.165, 1.54) is 16.7 Å². The summed E-state index contributed by atoms with van der Waals surface area (Å²) in [6, 6.07) is 17.1. The monoisotopic (exact) mass is 253 g/mol. The van der Waals surface area contributed by atoms with Crippen LogP contribution < -0.4 is 5.73 Å². The highest BCUT2D eigenvalue weighted by molar-refractivity contribution is 5.39. The molecule has 0 radical (unpaired) electrons. The van der Waals surface area contributed by atoms with Crippen molar-refractivity contribution in [2.45, 2.75) is 33.6 Å². The molecule has 2 aromatic carbocycles. The van der Waals surface area contributed by atoms with Gasteiger partial charge in [-0.05, 0) is 48.4 Å². The van der Waals surface area contributed by atoms with E-state index in [4.69, 9.17) is 5.73 Å².